The van der Waals surface area contributed by atoms with Gasteiger partial charge in [0.2, 0.25) is 5.91 Å². The van der Waals surface area contributed by atoms with Gasteiger partial charge in [0, 0.05) is 12.2 Å². The van der Waals surface area contributed by atoms with Crippen molar-refractivity contribution in [1.82, 2.24) is 5.32 Å². The van der Waals surface area contributed by atoms with Gasteiger partial charge in [-0.3, -0.25) is 4.79 Å². The second-order valence-electron chi connectivity index (χ2n) is 5.28. The van der Waals surface area contributed by atoms with Crippen molar-refractivity contribution in [1.29, 1.82) is 0 Å². The molecule has 0 saturated heterocycles. The second-order valence-corrected chi connectivity index (χ2v) is 5.28. The summed E-state index contributed by atoms with van der Waals surface area (Å²) in [6.45, 7) is 4.06. The fourth-order valence-corrected chi connectivity index (χ4v) is 2.24. The number of nitrogens with one attached hydrogen (secondary N) is 2. The number of carbonyl (C=O) groups excluding carboxylic acids is 1. The highest BCUT2D eigenvalue weighted by Gasteiger charge is 2.06. The standard InChI is InChI=1S/C19H24N2O3/c1-3-20-14-15-7-6-8-16(13-15)21-19(22)11-12-24-18-10-5-4-9-17(18)23-2/h4-10,13,20H,3,11-12,14H2,1-2H3,(H,21,22). The molecule has 1 amide bonds. The molecular weight excluding hydrogens is 304 g/mol. The highest BCUT2D eigenvalue weighted by molar-refractivity contribution is 5.90. The average Bonchev–Trinajstić information content (AvgIpc) is 2.60. The summed E-state index contributed by atoms with van der Waals surface area (Å²) in [5.74, 6) is 1.22. The molecule has 0 atom stereocenters. The van der Waals surface area contributed by atoms with Crippen LogP contribution in [-0.2, 0) is 11.3 Å². The summed E-state index contributed by atoms with van der Waals surface area (Å²) >= 11 is 0. The van der Waals surface area contributed by atoms with E-state index in [4.69, 9.17) is 9.47 Å². The Bertz CT molecular complexity index is 659. The maximum atomic E-state index is 12.0. The molecule has 0 heterocycles. The van der Waals surface area contributed by atoms with Crippen LogP contribution in [0, 0.1) is 0 Å². The lowest BCUT2D eigenvalue weighted by Gasteiger charge is -2.11. The number of ether oxygens (including phenoxy) is 2. The molecule has 5 heteroatoms. The number of benzene rings is 2. The van der Waals surface area contributed by atoms with E-state index in [9.17, 15) is 4.79 Å². The first-order valence-electron chi connectivity index (χ1n) is 8.08. The van der Waals surface area contributed by atoms with Gasteiger partial charge >= 0.3 is 0 Å². The Labute approximate surface area is 143 Å². The van der Waals surface area contributed by atoms with E-state index in [0.29, 0.717) is 18.1 Å². The Kier molecular flexibility index (Phi) is 7.11. The molecule has 5 nitrogen and oxygen atoms in total. The summed E-state index contributed by atoms with van der Waals surface area (Å²) in [6.07, 6.45) is 0.273. The van der Waals surface area contributed by atoms with Crippen LogP contribution < -0.4 is 20.1 Å². The van der Waals surface area contributed by atoms with Gasteiger partial charge in [-0.2, -0.15) is 0 Å². The zero-order valence-corrected chi connectivity index (χ0v) is 14.2. The average molecular weight is 328 g/mol. The van der Waals surface area contributed by atoms with E-state index in [1.165, 1.54) is 0 Å². The summed E-state index contributed by atoms with van der Waals surface area (Å²) in [7, 11) is 1.59. The van der Waals surface area contributed by atoms with Crippen LogP contribution in [0.15, 0.2) is 48.5 Å². The van der Waals surface area contributed by atoms with Crippen LogP contribution >= 0.6 is 0 Å². The topological polar surface area (TPSA) is 59.6 Å². The Hall–Kier alpha value is -2.53. The molecule has 0 saturated carbocycles. The largest absolute Gasteiger partial charge is 0.493 e. The molecule has 2 aromatic carbocycles. The predicted molar refractivity (Wildman–Crippen MR) is 95.6 cm³/mol. The van der Waals surface area contributed by atoms with Crippen molar-refractivity contribution >= 4 is 11.6 Å². The maximum Gasteiger partial charge on any atom is 0.227 e. The van der Waals surface area contributed by atoms with Crippen molar-refractivity contribution < 1.29 is 14.3 Å². The van der Waals surface area contributed by atoms with Gasteiger partial charge in [-0.25, -0.2) is 0 Å². The molecule has 0 aliphatic carbocycles. The molecule has 0 aliphatic rings. The molecule has 24 heavy (non-hydrogen) atoms. The molecule has 0 unspecified atom stereocenters. The van der Waals surface area contributed by atoms with E-state index in [1.807, 2.05) is 48.5 Å². The van der Waals surface area contributed by atoms with Crippen molar-refractivity contribution in [3.63, 3.8) is 0 Å². The van der Waals surface area contributed by atoms with E-state index in [-0.39, 0.29) is 12.3 Å². The third kappa shape index (κ3) is 5.59. The summed E-state index contributed by atoms with van der Waals surface area (Å²) < 4.78 is 10.8. The van der Waals surface area contributed by atoms with Crippen LogP contribution in [0.1, 0.15) is 18.9 Å². The lowest BCUT2D eigenvalue weighted by atomic mass is 10.2. The number of rotatable bonds is 9. The third-order valence-electron chi connectivity index (χ3n) is 3.45. The van der Waals surface area contributed by atoms with Gasteiger partial charge in [-0.15, -0.1) is 0 Å². The zero-order valence-electron chi connectivity index (χ0n) is 14.2. The first kappa shape index (κ1) is 17.8. The first-order valence-corrected chi connectivity index (χ1v) is 8.08. The lowest BCUT2D eigenvalue weighted by Crippen LogP contribution is -2.16. The number of carbonyl (C=O) groups is 1. The minimum Gasteiger partial charge on any atom is -0.493 e. The van der Waals surface area contributed by atoms with Crippen molar-refractivity contribution in [2.45, 2.75) is 19.9 Å². The molecule has 128 valence electrons. The van der Waals surface area contributed by atoms with Crippen molar-refractivity contribution in [3.05, 3.63) is 54.1 Å². The van der Waals surface area contributed by atoms with Crippen molar-refractivity contribution in [3.8, 4) is 11.5 Å². The SMILES string of the molecule is CCNCc1cccc(NC(=O)CCOc2ccccc2OC)c1. The number of methoxy groups -OCH3 is 1. The van der Waals surface area contributed by atoms with E-state index in [1.54, 1.807) is 7.11 Å². The Balaban J connectivity index is 1.81. The highest BCUT2D eigenvalue weighted by Crippen LogP contribution is 2.25. The van der Waals surface area contributed by atoms with Crippen LogP contribution in [0.3, 0.4) is 0 Å². The molecule has 0 bridgehead atoms. The molecule has 2 rings (SSSR count). The van der Waals surface area contributed by atoms with Crippen molar-refractivity contribution in [2.75, 3.05) is 25.6 Å². The van der Waals surface area contributed by atoms with Crippen LogP contribution in [0.4, 0.5) is 5.69 Å². The minimum absolute atomic E-state index is 0.0782. The number of hydrogen-bond donors (Lipinski definition) is 2. The fourth-order valence-electron chi connectivity index (χ4n) is 2.24. The second kappa shape index (κ2) is 9.57. The monoisotopic (exact) mass is 328 g/mol. The minimum atomic E-state index is -0.0782. The normalized spacial score (nSPS) is 10.2. The smallest absolute Gasteiger partial charge is 0.227 e. The van der Waals surface area contributed by atoms with Crippen molar-refractivity contribution in [2.24, 2.45) is 0 Å². The lowest BCUT2D eigenvalue weighted by molar-refractivity contribution is -0.116. The Morgan fingerprint density at radius 2 is 1.88 bits per heavy atom. The van der Waals surface area contributed by atoms with E-state index in [0.717, 1.165) is 24.3 Å². The fraction of sp³-hybridized carbons (Fsp3) is 0.316. The van der Waals surface area contributed by atoms with E-state index in [2.05, 4.69) is 17.6 Å². The number of amides is 1. The third-order valence-corrected chi connectivity index (χ3v) is 3.45. The highest BCUT2D eigenvalue weighted by atomic mass is 16.5. The predicted octanol–water partition coefficient (Wildman–Crippen LogP) is 3.21. The number of anilines is 1. The Morgan fingerprint density at radius 1 is 1.08 bits per heavy atom. The molecule has 0 aliphatic heterocycles. The quantitative estimate of drug-likeness (QED) is 0.742. The van der Waals surface area contributed by atoms with Crippen LogP contribution in [-0.4, -0.2) is 26.2 Å². The summed E-state index contributed by atoms with van der Waals surface area (Å²) in [5.41, 5.74) is 1.94. The summed E-state index contributed by atoms with van der Waals surface area (Å²) in [4.78, 5) is 12.0. The van der Waals surface area contributed by atoms with Gasteiger partial charge in [-0.05, 0) is 36.4 Å². The summed E-state index contributed by atoms with van der Waals surface area (Å²) in [5, 5.41) is 6.16. The van der Waals surface area contributed by atoms with Gasteiger partial charge in [0.1, 0.15) is 0 Å². The zero-order chi connectivity index (χ0) is 17.2. The molecule has 0 spiro atoms. The molecule has 0 radical (unpaired) electrons. The first-order chi connectivity index (χ1) is 11.7. The Morgan fingerprint density at radius 3 is 2.62 bits per heavy atom. The van der Waals surface area contributed by atoms with E-state index < -0.39 is 0 Å². The summed E-state index contributed by atoms with van der Waals surface area (Å²) in [6, 6.07) is 15.2. The number of para-hydroxylation sites is 2. The van der Waals surface area contributed by atoms with Gasteiger partial charge in [0.25, 0.3) is 0 Å². The van der Waals surface area contributed by atoms with E-state index >= 15 is 0 Å². The van der Waals surface area contributed by atoms with Crippen LogP contribution in [0.5, 0.6) is 11.5 Å². The number of hydrogen-bond acceptors (Lipinski definition) is 4. The molecular formula is C19H24N2O3. The van der Waals surface area contributed by atoms with Crippen LogP contribution in [0.2, 0.25) is 0 Å². The molecule has 0 aromatic heterocycles. The van der Waals surface area contributed by atoms with Crippen LogP contribution in [0.25, 0.3) is 0 Å². The maximum absolute atomic E-state index is 12.0. The molecule has 0 fully saturated rings. The van der Waals surface area contributed by atoms with Gasteiger partial charge in [0.05, 0.1) is 20.1 Å². The van der Waals surface area contributed by atoms with Gasteiger partial charge < -0.3 is 20.1 Å². The van der Waals surface area contributed by atoms with Gasteiger partial charge in [-0.1, -0.05) is 31.2 Å². The molecule has 2 aromatic rings. The van der Waals surface area contributed by atoms with Gasteiger partial charge in [0.15, 0.2) is 11.5 Å². The molecule has 2 N–H and O–H groups in total.